The van der Waals surface area contributed by atoms with Crippen molar-refractivity contribution in [2.75, 3.05) is 26.0 Å². The Hall–Kier alpha value is -1.11. The van der Waals surface area contributed by atoms with Crippen molar-refractivity contribution in [2.45, 2.75) is 25.7 Å². The first-order valence-corrected chi connectivity index (χ1v) is 7.61. The summed E-state index contributed by atoms with van der Waals surface area (Å²) in [4.78, 5) is 0.139. The van der Waals surface area contributed by atoms with Gasteiger partial charge in [0, 0.05) is 20.3 Å². The second kappa shape index (κ2) is 6.36. The third-order valence-corrected chi connectivity index (χ3v) is 4.47. The maximum absolute atomic E-state index is 12.2. The van der Waals surface area contributed by atoms with E-state index in [1.165, 1.54) is 0 Å². The number of nitrogen functional groups attached to an aromatic ring is 1. The van der Waals surface area contributed by atoms with Crippen molar-refractivity contribution in [1.29, 1.82) is 0 Å². The van der Waals surface area contributed by atoms with Crippen molar-refractivity contribution in [3.8, 4) is 0 Å². The van der Waals surface area contributed by atoms with Gasteiger partial charge >= 0.3 is 0 Å². The van der Waals surface area contributed by atoms with Gasteiger partial charge in [-0.2, -0.15) is 0 Å². The zero-order valence-corrected chi connectivity index (χ0v) is 12.7. The van der Waals surface area contributed by atoms with Gasteiger partial charge in [0.05, 0.1) is 5.69 Å². The Balaban J connectivity index is 2.92. The number of anilines is 1. The van der Waals surface area contributed by atoms with E-state index in [0.717, 1.165) is 11.1 Å². The fourth-order valence-electron chi connectivity index (χ4n) is 1.72. The molecule has 19 heavy (non-hydrogen) atoms. The summed E-state index contributed by atoms with van der Waals surface area (Å²) >= 11 is 0. The van der Waals surface area contributed by atoms with Gasteiger partial charge < -0.3 is 10.5 Å². The van der Waals surface area contributed by atoms with Gasteiger partial charge in [-0.25, -0.2) is 13.1 Å². The van der Waals surface area contributed by atoms with E-state index in [9.17, 15) is 8.42 Å². The smallest absolute Gasteiger partial charge is 0.242 e. The molecule has 108 valence electrons. The fraction of sp³-hybridized carbons (Fsp3) is 0.538. The molecule has 0 aliphatic heterocycles. The van der Waals surface area contributed by atoms with E-state index in [1.807, 2.05) is 20.8 Å². The molecule has 0 amide bonds. The Morgan fingerprint density at radius 3 is 2.47 bits per heavy atom. The fourth-order valence-corrected chi connectivity index (χ4v) is 3.08. The van der Waals surface area contributed by atoms with E-state index >= 15 is 0 Å². The second-order valence-corrected chi connectivity index (χ2v) is 6.62. The highest BCUT2D eigenvalue weighted by Crippen LogP contribution is 2.22. The van der Waals surface area contributed by atoms with Crippen molar-refractivity contribution < 1.29 is 13.2 Å². The maximum atomic E-state index is 12.2. The van der Waals surface area contributed by atoms with Gasteiger partial charge in [-0.3, -0.25) is 0 Å². The Kier molecular flexibility index (Phi) is 5.34. The molecule has 1 aromatic carbocycles. The zero-order chi connectivity index (χ0) is 14.6. The molecule has 0 heterocycles. The van der Waals surface area contributed by atoms with Crippen molar-refractivity contribution >= 4 is 15.7 Å². The van der Waals surface area contributed by atoms with Crippen LogP contribution in [0.2, 0.25) is 0 Å². The molecule has 1 aromatic rings. The van der Waals surface area contributed by atoms with E-state index in [2.05, 4.69) is 4.72 Å². The summed E-state index contributed by atoms with van der Waals surface area (Å²) in [5, 5.41) is 0. The van der Waals surface area contributed by atoms with Crippen LogP contribution in [0.15, 0.2) is 17.0 Å². The predicted octanol–water partition coefficient (Wildman–Crippen LogP) is 1.45. The summed E-state index contributed by atoms with van der Waals surface area (Å²) in [5.41, 5.74) is 7.95. The van der Waals surface area contributed by atoms with E-state index < -0.39 is 10.0 Å². The molecule has 1 atom stereocenters. The highest BCUT2D eigenvalue weighted by atomic mass is 32.2. The van der Waals surface area contributed by atoms with Crippen LogP contribution in [0.3, 0.4) is 0 Å². The number of hydrogen-bond donors (Lipinski definition) is 2. The van der Waals surface area contributed by atoms with Crippen LogP contribution >= 0.6 is 0 Å². The number of benzene rings is 1. The van der Waals surface area contributed by atoms with E-state index in [0.29, 0.717) is 13.2 Å². The molecule has 0 fully saturated rings. The summed E-state index contributed by atoms with van der Waals surface area (Å²) in [6.07, 6.45) is 0. The third kappa shape index (κ3) is 4.19. The van der Waals surface area contributed by atoms with Gasteiger partial charge in [0.1, 0.15) is 4.90 Å². The molecule has 0 radical (unpaired) electrons. The van der Waals surface area contributed by atoms with E-state index in [-0.39, 0.29) is 16.5 Å². The van der Waals surface area contributed by atoms with Crippen LogP contribution in [0.25, 0.3) is 0 Å². The average molecular weight is 286 g/mol. The minimum absolute atomic E-state index is 0.104. The lowest BCUT2D eigenvalue weighted by Crippen LogP contribution is -2.30. The molecule has 0 bridgehead atoms. The van der Waals surface area contributed by atoms with Crippen molar-refractivity contribution in [1.82, 2.24) is 4.72 Å². The van der Waals surface area contributed by atoms with Crippen LogP contribution in [0.5, 0.6) is 0 Å². The van der Waals surface area contributed by atoms with Gasteiger partial charge in [-0.15, -0.1) is 0 Å². The topological polar surface area (TPSA) is 81.4 Å². The predicted molar refractivity (Wildman–Crippen MR) is 76.6 cm³/mol. The second-order valence-electron chi connectivity index (χ2n) is 4.89. The van der Waals surface area contributed by atoms with Gasteiger partial charge in [-0.05, 0) is 43.0 Å². The zero-order valence-electron chi connectivity index (χ0n) is 11.9. The number of hydrogen-bond acceptors (Lipinski definition) is 4. The van der Waals surface area contributed by atoms with E-state index in [1.54, 1.807) is 19.2 Å². The molecule has 1 unspecified atom stereocenters. The van der Waals surface area contributed by atoms with Crippen molar-refractivity contribution in [2.24, 2.45) is 5.92 Å². The molecule has 6 heteroatoms. The summed E-state index contributed by atoms with van der Waals surface area (Å²) in [6, 6.07) is 3.29. The van der Waals surface area contributed by atoms with Crippen LogP contribution in [0, 0.1) is 19.8 Å². The molecule has 1 rings (SSSR count). The molecular weight excluding hydrogens is 264 g/mol. The number of nitrogens with one attached hydrogen (secondary N) is 1. The number of ether oxygens (including phenoxy) is 1. The van der Waals surface area contributed by atoms with Gasteiger partial charge in [-0.1, -0.05) is 6.92 Å². The Morgan fingerprint density at radius 1 is 1.32 bits per heavy atom. The number of methoxy groups -OCH3 is 1. The Morgan fingerprint density at radius 2 is 1.89 bits per heavy atom. The first-order valence-electron chi connectivity index (χ1n) is 6.13. The molecule has 0 aliphatic rings. The third-order valence-electron chi connectivity index (χ3n) is 2.99. The lowest BCUT2D eigenvalue weighted by molar-refractivity contribution is 0.161. The van der Waals surface area contributed by atoms with E-state index in [4.69, 9.17) is 10.5 Å². The Bertz CT molecular complexity index is 541. The highest BCUT2D eigenvalue weighted by molar-refractivity contribution is 7.89. The largest absolute Gasteiger partial charge is 0.398 e. The number of aryl methyl sites for hydroxylation is 2. The minimum atomic E-state index is -3.57. The monoisotopic (exact) mass is 286 g/mol. The molecule has 5 nitrogen and oxygen atoms in total. The molecule has 0 saturated carbocycles. The average Bonchev–Trinajstić information content (AvgIpc) is 2.31. The lowest BCUT2D eigenvalue weighted by atomic mass is 10.1. The van der Waals surface area contributed by atoms with Gasteiger partial charge in [0.2, 0.25) is 10.0 Å². The molecule has 0 saturated heterocycles. The SMILES string of the molecule is COCC(C)CNS(=O)(=O)c1cc(C)c(C)cc1N. The van der Waals surface area contributed by atoms with Crippen LogP contribution in [-0.2, 0) is 14.8 Å². The lowest BCUT2D eigenvalue weighted by Gasteiger charge is -2.14. The number of rotatable bonds is 6. The minimum Gasteiger partial charge on any atom is -0.398 e. The summed E-state index contributed by atoms with van der Waals surface area (Å²) in [5.74, 6) is 0.104. The molecule has 0 aromatic heterocycles. The first kappa shape index (κ1) is 15.9. The molecule has 0 aliphatic carbocycles. The molecule has 3 N–H and O–H groups in total. The maximum Gasteiger partial charge on any atom is 0.242 e. The standard InChI is InChI=1S/C13H22N2O3S/c1-9(8-18-4)7-15-19(16,17)13-6-11(3)10(2)5-12(13)14/h5-6,9,15H,7-8,14H2,1-4H3. The van der Waals surface area contributed by atoms with Crippen LogP contribution in [0.1, 0.15) is 18.1 Å². The summed E-state index contributed by atoms with van der Waals surface area (Å²) < 4.78 is 31.9. The Labute approximate surface area is 115 Å². The van der Waals surface area contributed by atoms with Crippen LogP contribution in [0.4, 0.5) is 5.69 Å². The summed E-state index contributed by atoms with van der Waals surface area (Å²) in [6.45, 7) is 6.50. The number of sulfonamides is 1. The van der Waals surface area contributed by atoms with Crippen LogP contribution in [-0.4, -0.2) is 28.7 Å². The number of nitrogens with two attached hydrogens (primary N) is 1. The highest BCUT2D eigenvalue weighted by Gasteiger charge is 2.19. The van der Waals surface area contributed by atoms with Gasteiger partial charge in [0.15, 0.2) is 0 Å². The first-order chi connectivity index (χ1) is 8.77. The quantitative estimate of drug-likeness (QED) is 0.775. The molecular formula is C13H22N2O3S. The summed E-state index contributed by atoms with van der Waals surface area (Å²) in [7, 11) is -1.98. The van der Waals surface area contributed by atoms with Crippen LogP contribution < -0.4 is 10.5 Å². The van der Waals surface area contributed by atoms with Gasteiger partial charge in [0.25, 0.3) is 0 Å². The normalized spacial score (nSPS) is 13.5. The molecule has 0 spiro atoms. The van der Waals surface area contributed by atoms with Crippen molar-refractivity contribution in [3.63, 3.8) is 0 Å². The van der Waals surface area contributed by atoms with Crippen molar-refractivity contribution in [3.05, 3.63) is 23.3 Å².